The highest BCUT2D eigenvalue weighted by molar-refractivity contribution is 7.97. The maximum Gasteiger partial charge on any atom is 0.341 e. The van der Waals surface area contributed by atoms with E-state index >= 15 is 0 Å². The molecule has 1 aromatic carbocycles. The number of benzene rings is 1. The average Bonchev–Trinajstić information content (AvgIpc) is 3.02. The summed E-state index contributed by atoms with van der Waals surface area (Å²) in [5, 5.41) is 16.6. The first kappa shape index (κ1) is 21.0. The lowest BCUT2D eigenvalue weighted by Gasteiger charge is -2.14. The zero-order chi connectivity index (χ0) is 20.0. The molecule has 0 spiro atoms. The first-order chi connectivity index (χ1) is 12.9. The summed E-state index contributed by atoms with van der Waals surface area (Å²) < 4.78 is 14.8. The minimum Gasteiger partial charge on any atom is -0.477 e. The molecule has 0 amide bonds. The van der Waals surface area contributed by atoms with E-state index in [1.807, 2.05) is 19.4 Å². The molecule has 144 valence electrons. The molecule has 0 atom stereocenters. The number of rotatable bonds is 5. The standard InChI is InChI=1S/C16H14ClFN4O2.C2H6S/c1-2-19-14-11(7-9-4-3-5-10(18)6-9)13(17)21-15-12(16(23)24)8-20-22(14)15;1-3-2/h3-6,8,19H,2,7H2,1H3,(H,23,24);1-2H3. The van der Waals surface area contributed by atoms with Crippen molar-refractivity contribution in [3.05, 3.63) is 58.1 Å². The van der Waals surface area contributed by atoms with Gasteiger partial charge in [0, 0.05) is 18.5 Å². The topological polar surface area (TPSA) is 79.5 Å². The highest BCUT2D eigenvalue weighted by Gasteiger charge is 2.20. The average molecular weight is 411 g/mol. The highest BCUT2D eigenvalue weighted by Crippen LogP contribution is 2.28. The third-order valence-electron chi connectivity index (χ3n) is 3.54. The number of anilines is 1. The highest BCUT2D eigenvalue weighted by atomic mass is 35.5. The maximum absolute atomic E-state index is 13.4. The molecule has 9 heteroatoms. The van der Waals surface area contributed by atoms with E-state index in [0.717, 1.165) is 5.56 Å². The molecule has 2 heterocycles. The molecule has 0 bridgehead atoms. The van der Waals surface area contributed by atoms with Gasteiger partial charge in [-0.25, -0.2) is 14.2 Å². The van der Waals surface area contributed by atoms with E-state index in [2.05, 4.69) is 15.4 Å². The lowest BCUT2D eigenvalue weighted by atomic mass is 10.1. The molecule has 0 aliphatic rings. The molecule has 0 aliphatic carbocycles. The predicted octanol–water partition coefficient (Wildman–Crippen LogP) is 4.22. The predicted molar refractivity (Wildman–Crippen MR) is 108 cm³/mol. The zero-order valence-electron chi connectivity index (χ0n) is 15.2. The first-order valence-corrected chi connectivity index (χ1v) is 10.1. The van der Waals surface area contributed by atoms with Gasteiger partial charge in [-0.05, 0) is 37.1 Å². The van der Waals surface area contributed by atoms with Crippen molar-refractivity contribution in [2.75, 3.05) is 24.4 Å². The number of fused-ring (bicyclic) bond motifs is 1. The lowest BCUT2D eigenvalue weighted by Crippen LogP contribution is -2.11. The Bertz CT molecular complexity index is 949. The van der Waals surface area contributed by atoms with Crippen molar-refractivity contribution in [3.8, 4) is 0 Å². The second-order valence-corrected chi connectivity index (χ2v) is 6.75. The van der Waals surface area contributed by atoms with Crippen LogP contribution in [0.2, 0.25) is 5.15 Å². The largest absolute Gasteiger partial charge is 0.477 e. The summed E-state index contributed by atoms with van der Waals surface area (Å²) in [5.41, 5.74) is 1.47. The number of thioether (sulfide) groups is 1. The van der Waals surface area contributed by atoms with Crippen LogP contribution in [0.25, 0.3) is 5.65 Å². The number of hydrogen-bond acceptors (Lipinski definition) is 5. The number of carboxylic acid groups (broad SMARTS) is 1. The van der Waals surface area contributed by atoms with E-state index in [4.69, 9.17) is 11.6 Å². The number of hydrogen-bond donors (Lipinski definition) is 2. The van der Waals surface area contributed by atoms with Gasteiger partial charge in [-0.15, -0.1) is 0 Å². The van der Waals surface area contributed by atoms with Crippen LogP contribution in [-0.4, -0.2) is 44.7 Å². The van der Waals surface area contributed by atoms with Crippen LogP contribution in [0.4, 0.5) is 10.2 Å². The zero-order valence-corrected chi connectivity index (χ0v) is 16.7. The lowest BCUT2D eigenvalue weighted by molar-refractivity contribution is 0.0698. The van der Waals surface area contributed by atoms with Crippen molar-refractivity contribution < 1.29 is 14.3 Å². The van der Waals surface area contributed by atoms with Crippen LogP contribution < -0.4 is 5.32 Å². The maximum atomic E-state index is 13.4. The summed E-state index contributed by atoms with van der Waals surface area (Å²) in [6, 6.07) is 6.19. The molecule has 27 heavy (non-hydrogen) atoms. The van der Waals surface area contributed by atoms with Crippen LogP contribution in [0, 0.1) is 5.82 Å². The second kappa shape index (κ2) is 9.57. The van der Waals surface area contributed by atoms with E-state index < -0.39 is 5.97 Å². The van der Waals surface area contributed by atoms with E-state index in [1.54, 1.807) is 23.9 Å². The van der Waals surface area contributed by atoms with Gasteiger partial charge < -0.3 is 10.4 Å². The normalized spacial score (nSPS) is 10.4. The third-order valence-corrected chi connectivity index (χ3v) is 3.85. The van der Waals surface area contributed by atoms with Crippen molar-refractivity contribution in [2.45, 2.75) is 13.3 Å². The molecule has 3 aromatic rings. The first-order valence-electron chi connectivity index (χ1n) is 8.10. The van der Waals surface area contributed by atoms with Gasteiger partial charge in [0.1, 0.15) is 22.4 Å². The van der Waals surface area contributed by atoms with Crippen LogP contribution in [-0.2, 0) is 6.42 Å². The molecule has 0 saturated carbocycles. The Morgan fingerprint density at radius 1 is 1.41 bits per heavy atom. The Morgan fingerprint density at radius 3 is 2.70 bits per heavy atom. The van der Waals surface area contributed by atoms with Gasteiger partial charge in [-0.2, -0.15) is 21.4 Å². The van der Waals surface area contributed by atoms with Crippen LogP contribution in [0.3, 0.4) is 0 Å². The Hall–Kier alpha value is -2.32. The van der Waals surface area contributed by atoms with Crippen LogP contribution in [0.1, 0.15) is 28.4 Å². The molecule has 6 nitrogen and oxygen atoms in total. The van der Waals surface area contributed by atoms with Gasteiger partial charge >= 0.3 is 5.97 Å². The molecule has 2 aromatic heterocycles. The Morgan fingerprint density at radius 2 is 2.11 bits per heavy atom. The van der Waals surface area contributed by atoms with Gasteiger partial charge in [0.05, 0.1) is 6.20 Å². The third kappa shape index (κ3) is 4.90. The Labute approximate surface area is 165 Å². The summed E-state index contributed by atoms with van der Waals surface area (Å²) in [6.07, 6.45) is 5.65. The molecule has 0 radical (unpaired) electrons. The number of carbonyl (C=O) groups is 1. The minimum absolute atomic E-state index is 0.0339. The molecule has 3 rings (SSSR count). The van der Waals surface area contributed by atoms with Crippen molar-refractivity contribution in [3.63, 3.8) is 0 Å². The number of halogens is 2. The van der Waals surface area contributed by atoms with Gasteiger partial charge in [0.25, 0.3) is 0 Å². The molecular weight excluding hydrogens is 391 g/mol. The summed E-state index contributed by atoms with van der Waals surface area (Å²) >= 11 is 8.04. The van der Waals surface area contributed by atoms with Crippen LogP contribution >= 0.6 is 23.4 Å². The van der Waals surface area contributed by atoms with Crippen molar-refractivity contribution in [1.82, 2.24) is 14.6 Å². The molecule has 0 fully saturated rings. The van der Waals surface area contributed by atoms with Crippen LogP contribution in [0.5, 0.6) is 0 Å². The molecule has 0 saturated heterocycles. The van der Waals surface area contributed by atoms with Crippen molar-refractivity contribution in [2.24, 2.45) is 0 Å². The Kier molecular flexibility index (Phi) is 7.44. The SMILES string of the molecule is CCNc1c(Cc2cccc(F)c2)c(Cl)nc2c(C(=O)O)cnn12.CSC. The number of carboxylic acids is 1. The summed E-state index contributed by atoms with van der Waals surface area (Å²) in [4.78, 5) is 15.4. The molecular formula is C18H20ClFN4O2S. The van der Waals surface area contributed by atoms with E-state index in [0.29, 0.717) is 24.3 Å². The van der Waals surface area contributed by atoms with E-state index in [-0.39, 0.29) is 22.2 Å². The fourth-order valence-electron chi connectivity index (χ4n) is 2.51. The fraction of sp³-hybridized carbons (Fsp3) is 0.278. The fourth-order valence-corrected chi connectivity index (χ4v) is 2.74. The number of aromatic carboxylic acids is 1. The van der Waals surface area contributed by atoms with Gasteiger partial charge in [-0.3, -0.25) is 0 Å². The van der Waals surface area contributed by atoms with E-state index in [1.165, 1.54) is 22.8 Å². The van der Waals surface area contributed by atoms with Gasteiger partial charge in [0.15, 0.2) is 5.65 Å². The van der Waals surface area contributed by atoms with Crippen molar-refractivity contribution >= 4 is 40.8 Å². The van der Waals surface area contributed by atoms with Crippen molar-refractivity contribution in [1.29, 1.82) is 0 Å². The van der Waals surface area contributed by atoms with E-state index in [9.17, 15) is 14.3 Å². The second-order valence-electron chi connectivity index (χ2n) is 5.57. The summed E-state index contributed by atoms with van der Waals surface area (Å²) in [7, 11) is 0. The monoisotopic (exact) mass is 410 g/mol. The number of nitrogens with zero attached hydrogens (tertiary/aromatic N) is 3. The minimum atomic E-state index is -1.13. The molecule has 0 unspecified atom stereocenters. The smallest absolute Gasteiger partial charge is 0.341 e. The number of aromatic nitrogens is 3. The Balaban J connectivity index is 0.000000817. The molecule has 0 aliphatic heterocycles. The number of nitrogens with one attached hydrogen (secondary N) is 1. The van der Waals surface area contributed by atoms with Gasteiger partial charge in [0.2, 0.25) is 0 Å². The molecule has 2 N–H and O–H groups in total. The quantitative estimate of drug-likeness (QED) is 0.613. The van der Waals surface area contributed by atoms with Crippen LogP contribution in [0.15, 0.2) is 30.5 Å². The summed E-state index contributed by atoms with van der Waals surface area (Å²) in [5.74, 6) is -0.923. The summed E-state index contributed by atoms with van der Waals surface area (Å²) in [6.45, 7) is 2.47. The van der Waals surface area contributed by atoms with Gasteiger partial charge in [-0.1, -0.05) is 23.7 Å².